The molecule has 1 N–H and O–H groups in total. The summed E-state index contributed by atoms with van der Waals surface area (Å²) in [6.45, 7) is 5.48. The lowest BCUT2D eigenvalue weighted by Gasteiger charge is -2.06. The Kier molecular flexibility index (Phi) is 6.94. The molecule has 0 aliphatic carbocycles. The van der Waals surface area contributed by atoms with Crippen LogP contribution in [0.15, 0.2) is 12.4 Å². The summed E-state index contributed by atoms with van der Waals surface area (Å²) in [4.78, 5) is 0. The van der Waals surface area contributed by atoms with Crippen LogP contribution in [0, 0.1) is 0 Å². The van der Waals surface area contributed by atoms with Gasteiger partial charge in [0.2, 0.25) is 0 Å². The molecule has 1 aromatic rings. The molecule has 0 saturated carbocycles. The molecule has 0 radical (unpaired) electrons. The van der Waals surface area contributed by atoms with E-state index in [1.165, 1.54) is 44.1 Å². The van der Waals surface area contributed by atoms with Crippen LogP contribution in [-0.4, -0.2) is 16.8 Å². The van der Waals surface area contributed by atoms with E-state index >= 15 is 0 Å². The Balaban J connectivity index is 2.16. The summed E-state index contributed by atoms with van der Waals surface area (Å²) in [5, 5.41) is 7.63. The molecule has 1 aromatic heterocycles. The maximum atomic E-state index is 4.40. The van der Waals surface area contributed by atoms with Crippen LogP contribution in [0.4, 0.5) is 0 Å². The van der Waals surface area contributed by atoms with Crippen molar-refractivity contribution in [1.29, 1.82) is 0 Å². The number of nitrogens with zero attached hydrogens (tertiary/aromatic N) is 2. The molecule has 3 heteroatoms. The molecule has 0 spiro atoms. The van der Waals surface area contributed by atoms with Crippen LogP contribution in [0.25, 0.3) is 0 Å². The van der Waals surface area contributed by atoms with Gasteiger partial charge < -0.3 is 5.32 Å². The van der Waals surface area contributed by atoms with Crippen LogP contribution >= 0.6 is 0 Å². The van der Waals surface area contributed by atoms with Gasteiger partial charge in [0.1, 0.15) is 0 Å². The van der Waals surface area contributed by atoms with Gasteiger partial charge in [0.05, 0.1) is 6.20 Å². The van der Waals surface area contributed by atoms with Crippen LogP contribution < -0.4 is 5.32 Å². The number of hydrogen-bond donors (Lipinski definition) is 1. The average molecular weight is 237 g/mol. The van der Waals surface area contributed by atoms with E-state index in [1.54, 1.807) is 0 Å². The van der Waals surface area contributed by atoms with E-state index in [2.05, 4.69) is 35.1 Å². The molecule has 17 heavy (non-hydrogen) atoms. The molecule has 0 amide bonds. The molecule has 1 unspecified atom stereocenters. The van der Waals surface area contributed by atoms with Crippen molar-refractivity contribution in [1.82, 2.24) is 15.1 Å². The number of aryl methyl sites for hydroxylation is 1. The topological polar surface area (TPSA) is 29.9 Å². The summed E-state index contributed by atoms with van der Waals surface area (Å²) in [6, 6.07) is 0.397. The van der Waals surface area contributed by atoms with E-state index in [0.717, 1.165) is 6.54 Å². The van der Waals surface area contributed by atoms with Crippen LogP contribution in [0.1, 0.15) is 64.0 Å². The van der Waals surface area contributed by atoms with Gasteiger partial charge >= 0.3 is 0 Å². The first-order valence-electron chi connectivity index (χ1n) is 6.97. The second kappa shape index (κ2) is 8.29. The summed E-state index contributed by atoms with van der Waals surface area (Å²) >= 11 is 0. The van der Waals surface area contributed by atoms with Crippen molar-refractivity contribution < 1.29 is 0 Å². The number of rotatable bonds is 9. The standard InChI is InChI=1S/C14H27N3/c1-4-5-6-7-8-9-10-17-12-14(11-16-17)13(2)15-3/h11-13,15H,4-10H2,1-3H3. The highest BCUT2D eigenvalue weighted by atomic mass is 15.3. The van der Waals surface area contributed by atoms with E-state index in [9.17, 15) is 0 Å². The maximum Gasteiger partial charge on any atom is 0.0537 e. The predicted molar refractivity (Wildman–Crippen MR) is 73.1 cm³/mol. The molecule has 0 fully saturated rings. The summed E-state index contributed by atoms with van der Waals surface area (Å²) in [7, 11) is 1.98. The smallest absolute Gasteiger partial charge is 0.0537 e. The predicted octanol–water partition coefficient (Wildman–Crippen LogP) is 3.52. The van der Waals surface area contributed by atoms with E-state index < -0.39 is 0 Å². The zero-order chi connectivity index (χ0) is 12.5. The quantitative estimate of drug-likeness (QED) is 0.666. The lowest BCUT2D eigenvalue weighted by molar-refractivity contribution is 0.526. The molecule has 98 valence electrons. The number of nitrogens with one attached hydrogen (secondary N) is 1. The largest absolute Gasteiger partial charge is 0.313 e. The van der Waals surface area contributed by atoms with Crippen LogP contribution in [0.3, 0.4) is 0 Å². The van der Waals surface area contributed by atoms with Crippen molar-refractivity contribution in [3.8, 4) is 0 Å². The Labute approximate surface area is 106 Å². The number of aromatic nitrogens is 2. The van der Waals surface area contributed by atoms with Crippen molar-refractivity contribution in [2.24, 2.45) is 0 Å². The highest BCUT2D eigenvalue weighted by Gasteiger charge is 2.04. The minimum Gasteiger partial charge on any atom is -0.313 e. The van der Waals surface area contributed by atoms with Gasteiger partial charge in [-0.1, -0.05) is 39.0 Å². The number of hydrogen-bond acceptors (Lipinski definition) is 2. The number of unbranched alkanes of at least 4 members (excludes halogenated alkanes) is 5. The SMILES string of the molecule is CCCCCCCCn1cc(C(C)NC)cn1. The molecule has 0 aliphatic rings. The first-order valence-corrected chi connectivity index (χ1v) is 6.97. The molecule has 0 aromatic carbocycles. The summed E-state index contributed by atoms with van der Waals surface area (Å²) < 4.78 is 2.07. The van der Waals surface area contributed by atoms with Crippen molar-refractivity contribution in [3.63, 3.8) is 0 Å². The normalized spacial score (nSPS) is 12.9. The zero-order valence-corrected chi connectivity index (χ0v) is 11.6. The Morgan fingerprint density at radius 3 is 2.65 bits per heavy atom. The van der Waals surface area contributed by atoms with Gasteiger partial charge in [-0.15, -0.1) is 0 Å². The van der Waals surface area contributed by atoms with Crippen molar-refractivity contribution in [2.45, 2.75) is 65.0 Å². The molecule has 1 rings (SSSR count). The van der Waals surface area contributed by atoms with Crippen molar-refractivity contribution in [2.75, 3.05) is 7.05 Å². The molecule has 3 nitrogen and oxygen atoms in total. The van der Waals surface area contributed by atoms with Crippen molar-refractivity contribution in [3.05, 3.63) is 18.0 Å². The van der Waals surface area contributed by atoms with Gasteiger partial charge in [0.25, 0.3) is 0 Å². The van der Waals surface area contributed by atoms with E-state index in [1.807, 2.05) is 13.2 Å². The first kappa shape index (κ1) is 14.2. The Hall–Kier alpha value is -0.830. The summed E-state index contributed by atoms with van der Waals surface area (Å²) in [5.41, 5.74) is 1.28. The first-order chi connectivity index (χ1) is 8.27. The molecule has 1 heterocycles. The van der Waals surface area contributed by atoms with Crippen LogP contribution in [0.5, 0.6) is 0 Å². The third-order valence-electron chi connectivity index (χ3n) is 3.33. The second-order valence-electron chi connectivity index (χ2n) is 4.81. The zero-order valence-electron chi connectivity index (χ0n) is 11.6. The van der Waals surface area contributed by atoms with E-state index in [-0.39, 0.29) is 0 Å². The highest BCUT2D eigenvalue weighted by molar-refractivity contribution is 5.08. The van der Waals surface area contributed by atoms with Gasteiger partial charge in [0, 0.05) is 24.3 Å². The van der Waals surface area contributed by atoms with E-state index in [0.29, 0.717) is 6.04 Å². The summed E-state index contributed by atoms with van der Waals surface area (Å²) in [6.07, 6.45) is 12.2. The minimum absolute atomic E-state index is 0.397. The third-order valence-corrected chi connectivity index (χ3v) is 3.33. The Morgan fingerprint density at radius 1 is 1.24 bits per heavy atom. The molecule has 0 saturated heterocycles. The molecular formula is C14H27N3. The van der Waals surface area contributed by atoms with E-state index in [4.69, 9.17) is 0 Å². The molecule has 0 aliphatic heterocycles. The molecule has 0 bridgehead atoms. The van der Waals surface area contributed by atoms with Gasteiger partial charge in [0.15, 0.2) is 0 Å². The minimum atomic E-state index is 0.397. The average Bonchev–Trinajstić information content (AvgIpc) is 2.81. The highest BCUT2D eigenvalue weighted by Crippen LogP contribution is 2.11. The van der Waals surface area contributed by atoms with Crippen LogP contribution in [0.2, 0.25) is 0 Å². The fraction of sp³-hybridized carbons (Fsp3) is 0.786. The molecule has 1 atom stereocenters. The fourth-order valence-corrected chi connectivity index (χ4v) is 1.95. The fourth-order valence-electron chi connectivity index (χ4n) is 1.95. The van der Waals surface area contributed by atoms with Crippen LogP contribution in [-0.2, 0) is 6.54 Å². The van der Waals surface area contributed by atoms with Crippen molar-refractivity contribution >= 4 is 0 Å². The van der Waals surface area contributed by atoms with Gasteiger partial charge in [-0.25, -0.2) is 0 Å². The van der Waals surface area contributed by atoms with Gasteiger partial charge in [-0.05, 0) is 20.4 Å². The second-order valence-corrected chi connectivity index (χ2v) is 4.81. The lowest BCUT2D eigenvalue weighted by atomic mass is 10.1. The monoisotopic (exact) mass is 237 g/mol. The van der Waals surface area contributed by atoms with Gasteiger partial charge in [-0.2, -0.15) is 5.10 Å². The Morgan fingerprint density at radius 2 is 1.94 bits per heavy atom. The third kappa shape index (κ3) is 5.35. The summed E-state index contributed by atoms with van der Waals surface area (Å²) in [5.74, 6) is 0. The molecular weight excluding hydrogens is 210 g/mol. The maximum absolute atomic E-state index is 4.40. The lowest BCUT2D eigenvalue weighted by Crippen LogP contribution is -2.11. The Bertz CT molecular complexity index is 293. The van der Waals surface area contributed by atoms with Gasteiger partial charge in [-0.3, -0.25) is 4.68 Å².